The molecular formula is C26H26N2O6. The fourth-order valence-electron chi connectivity index (χ4n) is 3.93. The van der Waals surface area contributed by atoms with Crippen LogP contribution in [0.1, 0.15) is 21.7 Å². The van der Waals surface area contributed by atoms with Gasteiger partial charge in [-0.15, -0.1) is 0 Å². The highest BCUT2D eigenvalue weighted by Gasteiger charge is 2.26. The van der Waals surface area contributed by atoms with Crippen molar-refractivity contribution in [2.24, 2.45) is 0 Å². The van der Waals surface area contributed by atoms with E-state index >= 15 is 0 Å². The Morgan fingerprint density at radius 3 is 2.53 bits per heavy atom. The van der Waals surface area contributed by atoms with Crippen LogP contribution in [0.4, 0.5) is 0 Å². The number of aromatic amines is 1. The first kappa shape index (κ1) is 23.0. The molecule has 8 nitrogen and oxygen atoms in total. The van der Waals surface area contributed by atoms with Crippen molar-refractivity contribution >= 4 is 22.8 Å². The summed E-state index contributed by atoms with van der Waals surface area (Å²) in [6.45, 7) is 1.70. The molecule has 176 valence electrons. The van der Waals surface area contributed by atoms with Crippen molar-refractivity contribution in [3.8, 4) is 22.8 Å². The summed E-state index contributed by atoms with van der Waals surface area (Å²) in [6.07, 6.45) is 2.12. The maximum Gasteiger partial charge on any atom is 0.328 e. The Hall–Kier alpha value is -4.20. The highest BCUT2D eigenvalue weighted by Crippen LogP contribution is 2.34. The maximum absolute atomic E-state index is 13.1. The third-order valence-corrected chi connectivity index (χ3v) is 5.72. The molecule has 0 aliphatic rings. The van der Waals surface area contributed by atoms with Crippen LogP contribution in [-0.4, -0.2) is 44.2 Å². The topological polar surface area (TPSA) is 103 Å². The lowest BCUT2D eigenvalue weighted by Crippen LogP contribution is -2.43. The maximum atomic E-state index is 13.1. The van der Waals surface area contributed by atoms with E-state index in [2.05, 4.69) is 10.3 Å². The number of carbonyl (C=O) groups excluding carboxylic acids is 2. The second-order valence-corrected chi connectivity index (χ2v) is 7.76. The minimum Gasteiger partial charge on any atom is -0.493 e. The number of hydrogen-bond donors (Lipinski definition) is 2. The summed E-state index contributed by atoms with van der Waals surface area (Å²) in [5.74, 6) is 1.10. The first-order chi connectivity index (χ1) is 16.4. The van der Waals surface area contributed by atoms with Crippen molar-refractivity contribution < 1.29 is 28.2 Å². The molecule has 0 saturated heterocycles. The number of carbonyl (C=O) groups is 2. The number of esters is 1. The summed E-state index contributed by atoms with van der Waals surface area (Å²) in [4.78, 5) is 28.8. The SMILES string of the molecule is COC(=O)[C@@H](Cc1c[nH]c2ccccc12)NC(=O)c1cc(-c2ccc(OC)c(OC)c2)oc1C. The molecule has 0 aliphatic heterocycles. The Bertz CT molecular complexity index is 1340. The number of aryl methyl sites for hydroxylation is 1. The van der Waals surface area contributed by atoms with E-state index in [4.69, 9.17) is 18.6 Å². The lowest BCUT2D eigenvalue weighted by atomic mass is 10.0. The Labute approximate surface area is 196 Å². The lowest BCUT2D eigenvalue weighted by Gasteiger charge is -2.16. The monoisotopic (exact) mass is 462 g/mol. The quantitative estimate of drug-likeness (QED) is 0.379. The Morgan fingerprint density at radius 2 is 1.79 bits per heavy atom. The van der Waals surface area contributed by atoms with E-state index in [0.717, 1.165) is 22.0 Å². The zero-order valence-corrected chi connectivity index (χ0v) is 19.4. The third kappa shape index (κ3) is 4.47. The number of fused-ring (bicyclic) bond motifs is 1. The number of furan rings is 1. The van der Waals surface area contributed by atoms with Crippen molar-refractivity contribution in [1.82, 2.24) is 10.3 Å². The number of hydrogen-bond acceptors (Lipinski definition) is 6. The number of H-pyrrole nitrogens is 1. The molecule has 0 spiro atoms. The van der Waals surface area contributed by atoms with Crippen molar-refractivity contribution in [2.45, 2.75) is 19.4 Å². The van der Waals surface area contributed by atoms with E-state index in [9.17, 15) is 9.59 Å². The van der Waals surface area contributed by atoms with Crippen LogP contribution < -0.4 is 14.8 Å². The van der Waals surface area contributed by atoms with E-state index in [1.807, 2.05) is 36.5 Å². The molecule has 0 fully saturated rings. The minimum atomic E-state index is -0.865. The molecule has 0 radical (unpaired) electrons. The molecule has 2 N–H and O–H groups in total. The molecule has 0 saturated carbocycles. The van der Waals surface area contributed by atoms with Gasteiger partial charge in [0.2, 0.25) is 0 Å². The second-order valence-electron chi connectivity index (χ2n) is 7.76. The molecule has 2 heterocycles. The fourth-order valence-corrected chi connectivity index (χ4v) is 3.93. The van der Waals surface area contributed by atoms with Crippen LogP contribution in [-0.2, 0) is 16.0 Å². The molecule has 34 heavy (non-hydrogen) atoms. The minimum absolute atomic E-state index is 0.280. The molecule has 0 bridgehead atoms. The van der Waals surface area contributed by atoms with Crippen molar-refractivity contribution in [3.63, 3.8) is 0 Å². The molecule has 1 atom stereocenters. The highest BCUT2D eigenvalue weighted by molar-refractivity contribution is 5.98. The van der Waals surface area contributed by atoms with E-state index in [1.165, 1.54) is 7.11 Å². The highest BCUT2D eigenvalue weighted by atomic mass is 16.5. The van der Waals surface area contributed by atoms with E-state index < -0.39 is 17.9 Å². The van der Waals surface area contributed by atoms with Gasteiger partial charge in [0.25, 0.3) is 5.91 Å². The van der Waals surface area contributed by atoms with Crippen LogP contribution in [0.15, 0.2) is 59.1 Å². The van der Waals surface area contributed by atoms with Crippen molar-refractivity contribution in [2.75, 3.05) is 21.3 Å². The van der Waals surface area contributed by atoms with Gasteiger partial charge in [-0.2, -0.15) is 0 Å². The van der Waals surface area contributed by atoms with Gasteiger partial charge in [-0.1, -0.05) is 18.2 Å². The molecule has 4 aromatic rings. The predicted octanol–water partition coefficient (Wildman–Crippen LogP) is 4.27. The summed E-state index contributed by atoms with van der Waals surface area (Å²) >= 11 is 0. The number of nitrogens with one attached hydrogen (secondary N) is 2. The second kappa shape index (κ2) is 9.74. The van der Waals surface area contributed by atoms with Crippen LogP contribution in [0.5, 0.6) is 11.5 Å². The summed E-state index contributed by atoms with van der Waals surface area (Å²) in [7, 11) is 4.41. The van der Waals surface area contributed by atoms with Gasteiger partial charge in [-0.05, 0) is 42.8 Å². The molecule has 8 heteroatoms. The van der Waals surface area contributed by atoms with Gasteiger partial charge < -0.3 is 28.9 Å². The number of benzene rings is 2. The fraction of sp³-hybridized carbons (Fsp3) is 0.231. The van der Waals surface area contributed by atoms with Crippen LogP contribution in [0.2, 0.25) is 0 Å². The molecule has 1 amide bonds. The largest absolute Gasteiger partial charge is 0.493 e. The Morgan fingerprint density at radius 1 is 1.03 bits per heavy atom. The van der Waals surface area contributed by atoms with Gasteiger partial charge in [-0.25, -0.2) is 4.79 Å². The zero-order valence-electron chi connectivity index (χ0n) is 19.4. The van der Waals surface area contributed by atoms with Crippen molar-refractivity contribution in [1.29, 1.82) is 0 Å². The number of aromatic nitrogens is 1. The van der Waals surface area contributed by atoms with Crippen LogP contribution >= 0.6 is 0 Å². The van der Waals surface area contributed by atoms with Crippen LogP contribution in [0.25, 0.3) is 22.2 Å². The van der Waals surface area contributed by atoms with Gasteiger partial charge in [0, 0.05) is 29.1 Å². The third-order valence-electron chi connectivity index (χ3n) is 5.72. The summed E-state index contributed by atoms with van der Waals surface area (Å²) in [5, 5.41) is 3.79. The normalized spacial score (nSPS) is 11.8. The van der Waals surface area contributed by atoms with Gasteiger partial charge in [0.15, 0.2) is 11.5 Å². The average molecular weight is 463 g/mol. The van der Waals surface area contributed by atoms with Crippen LogP contribution in [0.3, 0.4) is 0 Å². The molecule has 0 aliphatic carbocycles. The smallest absolute Gasteiger partial charge is 0.328 e. The number of methoxy groups -OCH3 is 3. The molecular weight excluding hydrogens is 436 g/mol. The average Bonchev–Trinajstić information content (AvgIpc) is 3.46. The predicted molar refractivity (Wildman–Crippen MR) is 127 cm³/mol. The summed E-state index contributed by atoms with van der Waals surface area (Å²) < 4.78 is 21.4. The standard InChI is InChI=1S/C26H26N2O6/c1-15-19(13-23(34-15)16-9-10-22(31-2)24(12-16)32-3)25(29)28-21(26(30)33-4)11-17-14-27-20-8-6-5-7-18(17)20/h5-10,12-14,21,27H,11H2,1-4H3,(H,28,29)/t21-/m1/s1. The Kier molecular flexibility index (Phi) is 6.58. The summed E-state index contributed by atoms with van der Waals surface area (Å²) in [5.41, 5.74) is 2.92. The number of rotatable bonds is 8. The molecule has 2 aromatic carbocycles. The van der Waals surface area contributed by atoms with E-state index in [0.29, 0.717) is 28.6 Å². The van der Waals surface area contributed by atoms with E-state index in [1.54, 1.807) is 39.3 Å². The van der Waals surface area contributed by atoms with Gasteiger partial charge in [-0.3, -0.25) is 4.79 Å². The van der Waals surface area contributed by atoms with E-state index in [-0.39, 0.29) is 6.42 Å². The van der Waals surface area contributed by atoms with Crippen LogP contribution in [0, 0.1) is 6.92 Å². The first-order valence-corrected chi connectivity index (χ1v) is 10.7. The number of amides is 1. The first-order valence-electron chi connectivity index (χ1n) is 10.7. The molecule has 0 unspecified atom stereocenters. The zero-order chi connectivity index (χ0) is 24.2. The summed E-state index contributed by atoms with van der Waals surface area (Å²) in [6, 6.07) is 13.9. The van der Waals surface area contributed by atoms with Crippen molar-refractivity contribution in [3.05, 3.63) is 71.6 Å². The molecule has 4 rings (SSSR count). The Balaban J connectivity index is 1.58. The molecule has 2 aromatic heterocycles. The number of para-hydroxylation sites is 1. The van der Waals surface area contributed by atoms with Gasteiger partial charge >= 0.3 is 5.97 Å². The lowest BCUT2D eigenvalue weighted by molar-refractivity contribution is -0.142. The number of ether oxygens (including phenoxy) is 3. The van der Waals surface area contributed by atoms with Gasteiger partial charge in [0.05, 0.1) is 26.9 Å². The van der Waals surface area contributed by atoms with Gasteiger partial charge in [0.1, 0.15) is 17.6 Å².